The van der Waals surface area contributed by atoms with E-state index < -0.39 is 0 Å². The molecule has 1 aliphatic rings. The third-order valence-electron chi connectivity index (χ3n) is 2.68. The van der Waals surface area contributed by atoms with Gasteiger partial charge in [-0.15, -0.1) is 0 Å². The molecule has 3 N–H and O–H groups in total. The zero-order valence-electron chi connectivity index (χ0n) is 8.20. The predicted octanol–water partition coefficient (Wildman–Crippen LogP) is 0.938. The number of anilines is 1. The molecule has 1 aliphatic carbocycles. The fourth-order valence-electron chi connectivity index (χ4n) is 1.95. The molecular weight excluding hydrogens is 190 g/mol. The van der Waals surface area contributed by atoms with Crippen molar-refractivity contribution < 1.29 is 0 Å². The molecule has 0 spiro atoms. The molecule has 2 heterocycles. The van der Waals surface area contributed by atoms with E-state index in [2.05, 4.69) is 19.9 Å². The van der Waals surface area contributed by atoms with E-state index >= 15 is 0 Å². The Morgan fingerprint density at radius 3 is 3.00 bits per heavy atom. The topological polar surface area (TPSA) is 80.5 Å². The van der Waals surface area contributed by atoms with Gasteiger partial charge in [0.15, 0.2) is 11.6 Å². The summed E-state index contributed by atoms with van der Waals surface area (Å²) in [5.41, 5.74) is 8.08. The van der Waals surface area contributed by atoms with Crippen LogP contribution in [0, 0.1) is 0 Å². The van der Waals surface area contributed by atoms with Gasteiger partial charge in [-0.2, -0.15) is 0 Å². The molecular formula is C10H11N5. The van der Waals surface area contributed by atoms with E-state index in [1.807, 2.05) is 0 Å². The summed E-state index contributed by atoms with van der Waals surface area (Å²) < 4.78 is 0. The molecule has 76 valence electrons. The Labute approximate surface area is 86.8 Å². The van der Waals surface area contributed by atoms with Crippen molar-refractivity contribution in [2.75, 3.05) is 5.73 Å². The van der Waals surface area contributed by atoms with Crippen LogP contribution >= 0.6 is 0 Å². The first-order chi connectivity index (χ1) is 7.34. The maximum atomic E-state index is 5.89. The van der Waals surface area contributed by atoms with Crippen molar-refractivity contribution in [3.63, 3.8) is 0 Å². The SMILES string of the molecule is Nc1nc(-c2ncc[nH]2)nc2c1CCC2. The summed E-state index contributed by atoms with van der Waals surface area (Å²) in [6.07, 6.45) is 6.55. The van der Waals surface area contributed by atoms with Gasteiger partial charge < -0.3 is 10.7 Å². The molecule has 3 rings (SSSR count). The molecule has 0 atom stereocenters. The summed E-state index contributed by atoms with van der Waals surface area (Å²) in [5, 5.41) is 0. The average molecular weight is 201 g/mol. The average Bonchev–Trinajstić information content (AvgIpc) is 2.88. The largest absolute Gasteiger partial charge is 0.383 e. The van der Waals surface area contributed by atoms with E-state index in [1.54, 1.807) is 12.4 Å². The molecule has 0 saturated heterocycles. The summed E-state index contributed by atoms with van der Waals surface area (Å²) in [5.74, 6) is 1.87. The number of imidazole rings is 1. The second kappa shape index (κ2) is 3.05. The molecule has 0 bridgehead atoms. The number of rotatable bonds is 1. The summed E-state index contributed by atoms with van der Waals surface area (Å²) >= 11 is 0. The van der Waals surface area contributed by atoms with E-state index in [-0.39, 0.29) is 0 Å². The van der Waals surface area contributed by atoms with Crippen LogP contribution in [0.25, 0.3) is 11.6 Å². The Hall–Kier alpha value is -1.91. The van der Waals surface area contributed by atoms with Gasteiger partial charge in [-0.25, -0.2) is 15.0 Å². The number of fused-ring (bicyclic) bond motifs is 1. The van der Waals surface area contributed by atoms with Gasteiger partial charge in [0, 0.05) is 23.7 Å². The van der Waals surface area contributed by atoms with Gasteiger partial charge in [-0.3, -0.25) is 0 Å². The van der Waals surface area contributed by atoms with Gasteiger partial charge in [0.1, 0.15) is 5.82 Å². The van der Waals surface area contributed by atoms with Gasteiger partial charge in [0.25, 0.3) is 0 Å². The van der Waals surface area contributed by atoms with Crippen molar-refractivity contribution in [2.24, 2.45) is 0 Å². The Bertz CT molecular complexity index is 489. The number of nitrogens with two attached hydrogens (primary N) is 1. The van der Waals surface area contributed by atoms with E-state index in [4.69, 9.17) is 5.73 Å². The van der Waals surface area contributed by atoms with Crippen molar-refractivity contribution in [1.29, 1.82) is 0 Å². The molecule has 15 heavy (non-hydrogen) atoms. The first-order valence-corrected chi connectivity index (χ1v) is 4.99. The van der Waals surface area contributed by atoms with Crippen LogP contribution in [-0.2, 0) is 12.8 Å². The second-order valence-corrected chi connectivity index (χ2v) is 3.65. The second-order valence-electron chi connectivity index (χ2n) is 3.65. The lowest BCUT2D eigenvalue weighted by Gasteiger charge is -2.04. The van der Waals surface area contributed by atoms with Crippen LogP contribution < -0.4 is 5.73 Å². The Morgan fingerprint density at radius 2 is 2.20 bits per heavy atom. The van der Waals surface area contributed by atoms with Crippen molar-refractivity contribution in [2.45, 2.75) is 19.3 Å². The number of nitrogens with zero attached hydrogens (tertiary/aromatic N) is 3. The summed E-state index contributed by atoms with van der Waals surface area (Å²) in [4.78, 5) is 15.8. The van der Waals surface area contributed by atoms with E-state index in [0.717, 1.165) is 30.5 Å². The normalized spacial score (nSPS) is 14.1. The third kappa shape index (κ3) is 1.27. The first kappa shape index (κ1) is 8.40. The minimum atomic E-state index is 0.596. The number of nitrogen functional groups attached to an aromatic ring is 1. The molecule has 0 aromatic carbocycles. The summed E-state index contributed by atoms with van der Waals surface area (Å²) in [7, 11) is 0. The number of aromatic amines is 1. The molecule has 0 aliphatic heterocycles. The molecule has 5 nitrogen and oxygen atoms in total. The van der Waals surface area contributed by atoms with Crippen LogP contribution in [0.3, 0.4) is 0 Å². The molecule has 0 amide bonds. The number of hydrogen-bond acceptors (Lipinski definition) is 4. The van der Waals surface area contributed by atoms with Crippen molar-refractivity contribution in [3.8, 4) is 11.6 Å². The fourth-order valence-corrected chi connectivity index (χ4v) is 1.95. The standard InChI is InChI=1S/C10H11N5/c11-8-6-2-1-3-7(6)14-10(15-8)9-12-4-5-13-9/h4-5H,1-3H2,(H,12,13)(H2,11,14,15). The molecule has 0 saturated carbocycles. The minimum absolute atomic E-state index is 0.596. The summed E-state index contributed by atoms with van der Waals surface area (Å²) in [6.45, 7) is 0. The maximum Gasteiger partial charge on any atom is 0.197 e. The summed E-state index contributed by atoms with van der Waals surface area (Å²) in [6, 6.07) is 0. The third-order valence-corrected chi connectivity index (χ3v) is 2.68. The van der Waals surface area contributed by atoms with E-state index in [1.165, 1.54) is 0 Å². The Morgan fingerprint density at radius 1 is 1.27 bits per heavy atom. The van der Waals surface area contributed by atoms with Crippen LogP contribution in [-0.4, -0.2) is 19.9 Å². The lowest BCUT2D eigenvalue weighted by atomic mass is 10.2. The van der Waals surface area contributed by atoms with Crippen LogP contribution in [0.1, 0.15) is 17.7 Å². The zero-order chi connectivity index (χ0) is 10.3. The highest BCUT2D eigenvalue weighted by Gasteiger charge is 2.18. The minimum Gasteiger partial charge on any atom is -0.383 e. The van der Waals surface area contributed by atoms with E-state index in [9.17, 15) is 0 Å². The molecule has 5 heteroatoms. The maximum absolute atomic E-state index is 5.89. The molecule has 2 aromatic rings. The van der Waals surface area contributed by atoms with Crippen molar-refractivity contribution >= 4 is 5.82 Å². The van der Waals surface area contributed by atoms with Gasteiger partial charge >= 0.3 is 0 Å². The number of H-pyrrole nitrogens is 1. The highest BCUT2D eigenvalue weighted by Crippen LogP contribution is 2.26. The molecule has 2 aromatic heterocycles. The molecule has 0 unspecified atom stereocenters. The van der Waals surface area contributed by atoms with Crippen LogP contribution in [0.15, 0.2) is 12.4 Å². The van der Waals surface area contributed by atoms with Crippen LogP contribution in [0.4, 0.5) is 5.82 Å². The molecule has 0 fully saturated rings. The van der Waals surface area contributed by atoms with Gasteiger partial charge in [-0.1, -0.05) is 0 Å². The smallest absolute Gasteiger partial charge is 0.197 e. The highest BCUT2D eigenvalue weighted by atomic mass is 15.0. The fraction of sp³-hybridized carbons (Fsp3) is 0.300. The van der Waals surface area contributed by atoms with Crippen molar-refractivity contribution in [1.82, 2.24) is 19.9 Å². The van der Waals surface area contributed by atoms with E-state index in [0.29, 0.717) is 17.5 Å². The zero-order valence-corrected chi connectivity index (χ0v) is 8.20. The highest BCUT2D eigenvalue weighted by molar-refractivity contribution is 5.53. The monoisotopic (exact) mass is 201 g/mol. The lowest BCUT2D eigenvalue weighted by Crippen LogP contribution is -2.03. The van der Waals surface area contributed by atoms with Crippen LogP contribution in [0.2, 0.25) is 0 Å². The quantitative estimate of drug-likeness (QED) is 0.719. The van der Waals surface area contributed by atoms with Crippen molar-refractivity contribution in [3.05, 3.63) is 23.7 Å². The Kier molecular flexibility index (Phi) is 1.71. The van der Waals surface area contributed by atoms with Gasteiger partial charge in [0.05, 0.1) is 0 Å². The van der Waals surface area contributed by atoms with Crippen LogP contribution in [0.5, 0.6) is 0 Å². The number of hydrogen-bond donors (Lipinski definition) is 2. The van der Waals surface area contributed by atoms with Gasteiger partial charge in [-0.05, 0) is 19.3 Å². The number of nitrogens with one attached hydrogen (secondary N) is 1. The lowest BCUT2D eigenvalue weighted by molar-refractivity contribution is 0.899. The first-order valence-electron chi connectivity index (χ1n) is 4.99. The number of aryl methyl sites for hydroxylation is 1. The molecule has 0 radical (unpaired) electrons. The Balaban J connectivity index is 2.15. The number of aromatic nitrogens is 4. The predicted molar refractivity (Wildman–Crippen MR) is 56.1 cm³/mol. The van der Waals surface area contributed by atoms with Gasteiger partial charge in [0.2, 0.25) is 0 Å².